The molecule has 0 saturated carbocycles. The molecule has 0 saturated heterocycles. The first-order valence-corrected chi connectivity index (χ1v) is 8.61. The summed E-state index contributed by atoms with van der Waals surface area (Å²) in [5.74, 6) is 1.32. The second-order valence-corrected chi connectivity index (χ2v) is 6.18. The molecule has 4 rings (SSSR count). The van der Waals surface area contributed by atoms with Crippen molar-refractivity contribution in [3.8, 4) is 11.5 Å². The second-order valence-electron chi connectivity index (χ2n) is 5.74. The van der Waals surface area contributed by atoms with Crippen LogP contribution in [-0.2, 0) is 0 Å². The summed E-state index contributed by atoms with van der Waals surface area (Å²) in [6, 6.07) is 12.4. The topological polar surface area (TPSA) is 85.4 Å². The second kappa shape index (κ2) is 7.51. The molecule has 136 valence electrons. The van der Waals surface area contributed by atoms with Crippen LogP contribution in [0.5, 0.6) is 11.5 Å². The predicted octanol–water partition coefficient (Wildman–Crippen LogP) is 3.90. The van der Waals surface area contributed by atoms with Crippen LogP contribution >= 0.6 is 11.6 Å². The summed E-state index contributed by atoms with van der Waals surface area (Å²) < 4.78 is 11.0. The number of ether oxygens (including phenoxy) is 2. The Morgan fingerprint density at radius 1 is 0.963 bits per heavy atom. The summed E-state index contributed by atoms with van der Waals surface area (Å²) >= 11 is 5.95. The van der Waals surface area contributed by atoms with E-state index >= 15 is 0 Å². The van der Waals surface area contributed by atoms with Crippen molar-refractivity contribution < 1.29 is 14.3 Å². The van der Waals surface area contributed by atoms with Gasteiger partial charge in [-0.3, -0.25) is 4.79 Å². The number of fused-ring (bicyclic) bond motifs is 1. The lowest BCUT2D eigenvalue weighted by atomic mass is 10.2. The number of hydrogen-bond acceptors (Lipinski definition) is 6. The molecule has 0 atom stereocenters. The SMILES string of the molecule is O=C(Nc1ccc2c(c1)OCCO2)c1cnc(Nc2cccc(Cl)c2)nc1. The van der Waals surface area contributed by atoms with Crippen LogP contribution in [0.3, 0.4) is 0 Å². The van der Waals surface area contributed by atoms with Crippen molar-refractivity contribution in [2.45, 2.75) is 0 Å². The molecule has 2 N–H and O–H groups in total. The molecule has 27 heavy (non-hydrogen) atoms. The molecule has 3 aromatic rings. The summed E-state index contributed by atoms with van der Waals surface area (Å²) in [7, 11) is 0. The Morgan fingerprint density at radius 2 is 1.74 bits per heavy atom. The van der Waals surface area contributed by atoms with E-state index < -0.39 is 0 Å². The number of rotatable bonds is 4. The highest BCUT2D eigenvalue weighted by Gasteiger charge is 2.14. The average Bonchev–Trinajstić information content (AvgIpc) is 2.68. The standard InChI is InChI=1S/C19H15ClN4O3/c20-13-2-1-3-14(8-13)24-19-21-10-12(11-22-19)18(25)23-15-4-5-16-17(9-15)27-7-6-26-16/h1-5,8-11H,6-7H2,(H,23,25)(H,21,22,24). The molecular formula is C19H15ClN4O3. The molecule has 0 aliphatic carbocycles. The fraction of sp³-hybridized carbons (Fsp3) is 0.105. The van der Waals surface area contributed by atoms with E-state index in [1.54, 1.807) is 30.3 Å². The zero-order valence-electron chi connectivity index (χ0n) is 14.1. The van der Waals surface area contributed by atoms with E-state index in [0.29, 0.717) is 46.9 Å². The van der Waals surface area contributed by atoms with Crippen molar-refractivity contribution in [3.63, 3.8) is 0 Å². The van der Waals surface area contributed by atoms with E-state index in [1.807, 2.05) is 12.1 Å². The number of nitrogens with one attached hydrogen (secondary N) is 2. The van der Waals surface area contributed by atoms with Crippen molar-refractivity contribution in [1.82, 2.24) is 9.97 Å². The minimum atomic E-state index is -0.319. The normalized spacial score (nSPS) is 12.3. The van der Waals surface area contributed by atoms with Crippen molar-refractivity contribution in [2.75, 3.05) is 23.8 Å². The number of carbonyl (C=O) groups excluding carboxylic acids is 1. The van der Waals surface area contributed by atoms with Gasteiger partial charge in [0, 0.05) is 34.9 Å². The summed E-state index contributed by atoms with van der Waals surface area (Å²) in [5.41, 5.74) is 1.70. The van der Waals surface area contributed by atoms with Crippen LogP contribution < -0.4 is 20.1 Å². The molecule has 2 heterocycles. The molecule has 0 unspecified atom stereocenters. The van der Waals surface area contributed by atoms with Crippen molar-refractivity contribution in [2.24, 2.45) is 0 Å². The highest BCUT2D eigenvalue weighted by molar-refractivity contribution is 6.30. The highest BCUT2D eigenvalue weighted by atomic mass is 35.5. The van der Waals surface area contributed by atoms with Crippen LogP contribution in [0.4, 0.5) is 17.3 Å². The third-order valence-electron chi connectivity index (χ3n) is 3.79. The zero-order chi connectivity index (χ0) is 18.6. The van der Waals surface area contributed by atoms with E-state index in [4.69, 9.17) is 21.1 Å². The minimum absolute atomic E-state index is 0.319. The lowest BCUT2D eigenvalue weighted by Gasteiger charge is -2.19. The lowest BCUT2D eigenvalue weighted by molar-refractivity contribution is 0.102. The smallest absolute Gasteiger partial charge is 0.258 e. The molecule has 0 bridgehead atoms. The van der Waals surface area contributed by atoms with Crippen LogP contribution in [-0.4, -0.2) is 29.1 Å². The largest absolute Gasteiger partial charge is 0.486 e. The molecule has 1 amide bonds. The Kier molecular flexibility index (Phi) is 4.76. The molecule has 0 fully saturated rings. The monoisotopic (exact) mass is 382 g/mol. The van der Waals surface area contributed by atoms with Crippen LogP contribution in [0.25, 0.3) is 0 Å². The molecule has 0 spiro atoms. The third kappa shape index (κ3) is 4.09. The molecule has 2 aromatic carbocycles. The van der Waals surface area contributed by atoms with E-state index in [0.717, 1.165) is 5.69 Å². The van der Waals surface area contributed by atoms with Gasteiger partial charge in [0.1, 0.15) is 13.2 Å². The molecule has 8 heteroatoms. The molecular weight excluding hydrogens is 368 g/mol. The number of hydrogen-bond donors (Lipinski definition) is 2. The Morgan fingerprint density at radius 3 is 2.52 bits per heavy atom. The van der Waals surface area contributed by atoms with E-state index in [-0.39, 0.29) is 5.91 Å². The van der Waals surface area contributed by atoms with Gasteiger partial charge in [0.15, 0.2) is 11.5 Å². The lowest BCUT2D eigenvalue weighted by Crippen LogP contribution is -2.16. The van der Waals surface area contributed by atoms with Gasteiger partial charge in [0.25, 0.3) is 5.91 Å². The first-order chi connectivity index (χ1) is 13.2. The number of aromatic nitrogens is 2. The first kappa shape index (κ1) is 17.1. The predicted molar refractivity (Wildman–Crippen MR) is 102 cm³/mol. The van der Waals surface area contributed by atoms with Gasteiger partial charge in [0.2, 0.25) is 5.95 Å². The molecule has 1 aromatic heterocycles. The average molecular weight is 383 g/mol. The van der Waals surface area contributed by atoms with Gasteiger partial charge in [-0.15, -0.1) is 0 Å². The van der Waals surface area contributed by atoms with Crippen molar-refractivity contribution >= 4 is 34.8 Å². The Hall–Kier alpha value is -3.32. The minimum Gasteiger partial charge on any atom is -0.486 e. The van der Waals surface area contributed by atoms with Gasteiger partial charge in [-0.2, -0.15) is 0 Å². The molecule has 0 radical (unpaired) electrons. The van der Waals surface area contributed by atoms with Crippen molar-refractivity contribution in [1.29, 1.82) is 0 Å². The van der Waals surface area contributed by atoms with Crippen LogP contribution in [0, 0.1) is 0 Å². The Labute approximate surface area is 160 Å². The number of anilines is 3. The quantitative estimate of drug-likeness (QED) is 0.711. The van der Waals surface area contributed by atoms with Gasteiger partial charge in [-0.05, 0) is 30.3 Å². The fourth-order valence-corrected chi connectivity index (χ4v) is 2.72. The number of halogens is 1. The maximum Gasteiger partial charge on any atom is 0.258 e. The third-order valence-corrected chi connectivity index (χ3v) is 4.03. The fourth-order valence-electron chi connectivity index (χ4n) is 2.53. The number of amides is 1. The van der Waals surface area contributed by atoms with Crippen LogP contribution in [0.1, 0.15) is 10.4 Å². The number of benzene rings is 2. The van der Waals surface area contributed by atoms with E-state index in [9.17, 15) is 4.79 Å². The summed E-state index contributed by atoms with van der Waals surface area (Å²) in [5, 5.41) is 6.43. The molecule has 1 aliphatic rings. The van der Waals surface area contributed by atoms with Gasteiger partial charge in [0.05, 0.1) is 5.56 Å². The van der Waals surface area contributed by atoms with Gasteiger partial charge in [-0.1, -0.05) is 17.7 Å². The maximum absolute atomic E-state index is 12.4. The number of nitrogens with zero attached hydrogens (tertiary/aromatic N) is 2. The van der Waals surface area contributed by atoms with Gasteiger partial charge >= 0.3 is 0 Å². The highest BCUT2D eigenvalue weighted by Crippen LogP contribution is 2.32. The Bertz CT molecular complexity index is 979. The summed E-state index contributed by atoms with van der Waals surface area (Å²) in [6.45, 7) is 1.00. The number of carbonyl (C=O) groups is 1. The van der Waals surface area contributed by atoms with Gasteiger partial charge in [-0.25, -0.2) is 9.97 Å². The zero-order valence-corrected chi connectivity index (χ0v) is 14.9. The molecule has 1 aliphatic heterocycles. The first-order valence-electron chi connectivity index (χ1n) is 8.23. The Balaban J connectivity index is 1.43. The maximum atomic E-state index is 12.4. The summed E-state index contributed by atoms with van der Waals surface area (Å²) in [6.07, 6.45) is 2.90. The summed E-state index contributed by atoms with van der Waals surface area (Å²) in [4.78, 5) is 20.7. The van der Waals surface area contributed by atoms with Crippen LogP contribution in [0.2, 0.25) is 5.02 Å². The van der Waals surface area contributed by atoms with E-state index in [1.165, 1.54) is 12.4 Å². The van der Waals surface area contributed by atoms with Crippen molar-refractivity contribution in [3.05, 3.63) is 65.4 Å². The van der Waals surface area contributed by atoms with E-state index in [2.05, 4.69) is 20.6 Å². The van der Waals surface area contributed by atoms with Crippen LogP contribution in [0.15, 0.2) is 54.9 Å². The molecule has 7 nitrogen and oxygen atoms in total. The van der Waals surface area contributed by atoms with Gasteiger partial charge < -0.3 is 20.1 Å².